The van der Waals surface area contributed by atoms with E-state index in [2.05, 4.69) is 0 Å². The van der Waals surface area contributed by atoms with Crippen molar-refractivity contribution in [2.45, 2.75) is 37.2 Å². The highest BCUT2D eigenvalue weighted by molar-refractivity contribution is 5.80. The molecule has 0 saturated heterocycles. The molecule has 0 spiro atoms. The Morgan fingerprint density at radius 1 is 1.17 bits per heavy atom. The van der Waals surface area contributed by atoms with Gasteiger partial charge in [-0.15, -0.1) is 0 Å². The van der Waals surface area contributed by atoms with Crippen molar-refractivity contribution in [2.24, 2.45) is 11.7 Å². The second kappa shape index (κ2) is 4.60. The quantitative estimate of drug-likeness (QED) is 0.772. The SMILES string of the molecule is NC1(CNC(=O)C(C(F)(F)F)C(F)(F)F)CCC1. The van der Waals surface area contributed by atoms with E-state index in [0.29, 0.717) is 12.8 Å². The first kappa shape index (κ1) is 15.1. The smallest absolute Gasteiger partial charge is 0.353 e. The molecule has 1 amide bonds. The minimum absolute atomic E-state index is 0.380. The largest absolute Gasteiger partial charge is 0.409 e. The number of carbonyl (C=O) groups is 1. The van der Waals surface area contributed by atoms with Crippen LogP contribution in [0.15, 0.2) is 0 Å². The van der Waals surface area contributed by atoms with E-state index in [1.165, 1.54) is 0 Å². The number of carbonyl (C=O) groups excluding carboxylic acids is 1. The molecule has 0 aromatic carbocycles. The van der Waals surface area contributed by atoms with Gasteiger partial charge in [0.15, 0.2) is 0 Å². The van der Waals surface area contributed by atoms with Gasteiger partial charge in [-0.25, -0.2) is 0 Å². The molecular weight excluding hydrogens is 266 g/mol. The van der Waals surface area contributed by atoms with Crippen LogP contribution in [-0.4, -0.2) is 30.3 Å². The predicted octanol–water partition coefficient (Wildman–Crippen LogP) is 1.72. The second-order valence-electron chi connectivity index (χ2n) is 4.45. The van der Waals surface area contributed by atoms with Crippen molar-refractivity contribution in [3.05, 3.63) is 0 Å². The summed E-state index contributed by atoms with van der Waals surface area (Å²) in [5.74, 6) is -6.11. The lowest BCUT2D eigenvalue weighted by Crippen LogP contribution is -2.57. The number of amides is 1. The fourth-order valence-electron chi connectivity index (χ4n) is 1.66. The van der Waals surface area contributed by atoms with Crippen molar-refractivity contribution >= 4 is 5.91 Å². The van der Waals surface area contributed by atoms with E-state index >= 15 is 0 Å². The summed E-state index contributed by atoms with van der Waals surface area (Å²) >= 11 is 0. The molecule has 106 valence electrons. The van der Waals surface area contributed by atoms with Gasteiger partial charge in [-0.1, -0.05) is 0 Å². The summed E-state index contributed by atoms with van der Waals surface area (Å²) in [5, 5.41) is 1.63. The first-order valence-corrected chi connectivity index (χ1v) is 5.16. The summed E-state index contributed by atoms with van der Waals surface area (Å²) in [6.45, 7) is -0.380. The molecule has 0 heterocycles. The van der Waals surface area contributed by atoms with E-state index in [4.69, 9.17) is 5.73 Å². The molecule has 0 atom stereocenters. The van der Waals surface area contributed by atoms with Crippen LogP contribution in [0.2, 0.25) is 0 Å². The lowest BCUT2D eigenvalue weighted by atomic mass is 9.77. The zero-order valence-corrected chi connectivity index (χ0v) is 9.16. The van der Waals surface area contributed by atoms with Crippen LogP contribution in [0.25, 0.3) is 0 Å². The van der Waals surface area contributed by atoms with Crippen LogP contribution < -0.4 is 11.1 Å². The molecule has 1 rings (SSSR count). The highest BCUT2D eigenvalue weighted by Crippen LogP contribution is 2.39. The van der Waals surface area contributed by atoms with Crippen LogP contribution in [0.5, 0.6) is 0 Å². The maximum atomic E-state index is 12.2. The van der Waals surface area contributed by atoms with Gasteiger partial charge in [0.2, 0.25) is 11.8 Å². The molecule has 0 aromatic heterocycles. The lowest BCUT2D eigenvalue weighted by molar-refractivity contribution is -0.274. The lowest BCUT2D eigenvalue weighted by Gasteiger charge is -2.38. The fourth-order valence-corrected chi connectivity index (χ4v) is 1.66. The zero-order chi connectivity index (χ0) is 14.2. The third-order valence-corrected chi connectivity index (χ3v) is 2.88. The van der Waals surface area contributed by atoms with Crippen molar-refractivity contribution in [3.8, 4) is 0 Å². The zero-order valence-electron chi connectivity index (χ0n) is 9.16. The molecule has 9 heteroatoms. The molecule has 1 aliphatic carbocycles. The Hall–Kier alpha value is -0.990. The summed E-state index contributed by atoms with van der Waals surface area (Å²) in [4.78, 5) is 11.0. The van der Waals surface area contributed by atoms with Crippen molar-refractivity contribution < 1.29 is 31.1 Å². The molecule has 3 nitrogen and oxygen atoms in total. The minimum Gasteiger partial charge on any atom is -0.353 e. The van der Waals surface area contributed by atoms with Crippen molar-refractivity contribution in [3.63, 3.8) is 0 Å². The van der Waals surface area contributed by atoms with E-state index in [1.807, 2.05) is 0 Å². The van der Waals surface area contributed by atoms with Gasteiger partial charge in [0.25, 0.3) is 0 Å². The van der Waals surface area contributed by atoms with Crippen molar-refractivity contribution in [1.82, 2.24) is 5.32 Å². The van der Waals surface area contributed by atoms with E-state index in [-0.39, 0.29) is 6.54 Å². The number of halogens is 6. The maximum absolute atomic E-state index is 12.2. The summed E-state index contributed by atoms with van der Waals surface area (Å²) in [7, 11) is 0. The minimum atomic E-state index is -5.66. The Bertz CT molecular complexity index is 306. The summed E-state index contributed by atoms with van der Waals surface area (Å²) < 4.78 is 73.0. The first-order chi connectivity index (χ1) is 7.96. The highest BCUT2D eigenvalue weighted by atomic mass is 19.4. The maximum Gasteiger partial charge on any atom is 0.409 e. The number of nitrogens with one attached hydrogen (secondary N) is 1. The number of alkyl halides is 6. The van der Waals surface area contributed by atoms with Crippen LogP contribution in [0, 0.1) is 5.92 Å². The van der Waals surface area contributed by atoms with E-state index in [9.17, 15) is 31.1 Å². The molecule has 0 unspecified atom stereocenters. The molecule has 18 heavy (non-hydrogen) atoms. The molecular formula is C9H12F6N2O. The summed E-state index contributed by atoms with van der Waals surface area (Å²) in [6.07, 6.45) is -9.65. The molecule has 1 saturated carbocycles. The van der Waals surface area contributed by atoms with Gasteiger partial charge in [0.05, 0.1) is 0 Å². The Kier molecular flexibility index (Phi) is 3.85. The van der Waals surface area contributed by atoms with Crippen LogP contribution in [0.4, 0.5) is 26.3 Å². The van der Waals surface area contributed by atoms with Crippen LogP contribution in [0.3, 0.4) is 0 Å². The van der Waals surface area contributed by atoms with Gasteiger partial charge in [-0.3, -0.25) is 4.79 Å². The van der Waals surface area contributed by atoms with Crippen molar-refractivity contribution in [1.29, 1.82) is 0 Å². The predicted molar refractivity (Wildman–Crippen MR) is 49.4 cm³/mol. The topological polar surface area (TPSA) is 55.1 Å². The van der Waals surface area contributed by atoms with Crippen LogP contribution in [-0.2, 0) is 4.79 Å². The molecule has 0 radical (unpaired) electrons. The van der Waals surface area contributed by atoms with Gasteiger partial charge in [0, 0.05) is 12.1 Å². The van der Waals surface area contributed by atoms with E-state index < -0.39 is 29.7 Å². The van der Waals surface area contributed by atoms with Gasteiger partial charge >= 0.3 is 12.4 Å². The van der Waals surface area contributed by atoms with E-state index in [0.717, 1.165) is 6.42 Å². The molecule has 0 aliphatic heterocycles. The third kappa shape index (κ3) is 3.50. The summed E-state index contributed by atoms with van der Waals surface area (Å²) in [6, 6.07) is 0. The Morgan fingerprint density at radius 2 is 1.61 bits per heavy atom. The second-order valence-corrected chi connectivity index (χ2v) is 4.45. The average molecular weight is 278 g/mol. The third-order valence-electron chi connectivity index (χ3n) is 2.88. The van der Waals surface area contributed by atoms with Gasteiger partial charge in [-0.2, -0.15) is 26.3 Å². The molecule has 1 fully saturated rings. The number of rotatable bonds is 3. The molecule has 3 N–H and O–H groups in total. The fraction of sp³-hybridized carbons (Fsp3) is 0.889. The van der Waals surface area contributed by atoms with Crippen molar-refractivity contribution in [2.75, 3.05) is 6.54 Å². The van der Waals surface area contributed by atoms with Gasteiger partial charge in [-0.05, 0) is 19.3 Å². The summed E-state index contributed by atoms with van der Waals surface area (Å²) in [5.41, 5.74) is 4.71. The Morgan fingerprint density at radius 3 is 1.89 bits per heavy atom. The van der Waals surface area contributed by atoms with Gasteiger partial charge in [0.1, 0.15) is 0 Å². The normalized spacial score (nSPS) is 19.6. The molecule has 0 bridgehead atoms. The molecule has 1 aliphatic rings. The van der Waals surface area contributed by atoms with Crippen LogP contribution >= 0.6 is 0 Å². The van der Waals surface area contributed by atoms with E-state index in [1.54, 1.807) is 5.32 Å². The average Bonchev–Trinajstić information content (AvgIpc) is 2.06. The number of nitrogens with two attached hydrogens (primary N) is 1. The van der Waals surface area contributed by atoms with Gasteiger partial charge < -0.3 is 11.1 Å². The molecule has 0 aromatic rings. The number of hydrogen-bond acceptors (Lipinski definition) is 2. The highest BCUT2D eigenvalue weighted by Gasteiger charge is 2.61. The Labute approximate surface area is 98.7 Å². The Balaban J connectivity index is 2.66. The standard InChI is InChI=1S/C9H12F6N2O/c10-8(11,12)5(9(13,14)15)6(18)17-4-7(16)2-1-3-7/h5H,1-4,16H2,(H,17,18). The monoisotopic (exact) mass is 278 g/mol. The first-order valence-electron chi connectivity index (χ1n) is 5.16. The number of hydrogen-bond donors (Lipinski definition) is 2. The van der Waals surface area contributed by atoms with Crippen LogP contribution in [0.1, 0.15) is 19.3 Å².